The van der Waals surface area contributed by atoms with Crippen molar-refractivity contribution in [1.29, 1.82) is 0 Å². The average Bonchev–Trinajstić information content (AvgIpc) is 2.80. The van der Waals surface area contributed by atoms with E-state index >= 15 is 0 Å². The molecule has 0 atom stereocenters. The molecule has 0 saturated carbocycles. The highest BCUT2D eigenvalue weighted by Crippen LogP contribution is 2.30. The quantitative estimate of drug-likeness (QED) is 0.842. The molecule has 0 aliphatic rings. The van der Waals surface area contributed by atoms with Gasteiger partial charge in [-0.05, 0) is 36.6 Å². The van der Waals surface area contributed by atoms with Crippen molar-refractivity contribution in [1.82, 2.24) is 19.3 Å². The van der Waals surface area contributed by atoms with Crippen molar-refractivity contribution in [3.8, 4) is 0 Å². The van der Waals surface area contributed by atoms with Crippen molar-refractivity contribution in [3.63, 3.8) is 0 Å². The number of aryl methyl sites for hydroxylation is 1. The summed E-state index contributed by atoms with van der Waals surface area (Å²) in [5.41, 5.74) is -0.0870. The van der Waals surface area contributed by atoms with Gasteiger partial charge < -0.3 is 5.32 Å². The Kier molecular flexibility index (Phi) is 5.16. The van der Waals surface area contributed by atoms with Crippen LogP contribution in [0.2, 0.25) is 0 Å². The summed E-state index contributed by atoms with van der Waals surface area (Å²) in [4.78, 5) is 13.7. The van der Waals surface area contributed by atoms with Crippen LogP contribution >= 0.6 is 23.3 Å². The van der Waals surface area contributed by atoms with Crippen LogP contribution < -0.4 is 5.32 Å². The summed E-state index contributed by atoms with van der Waals surface area (Å²) in [5.74, 6) is 2.52. The molecule has 2 heterocycles. The lowest BCUT2D eigenvalue weighted by Crippen LogP contribution is -2.17. The number of nitrogens with zero attached hydrogens (tertiary/aromatic N) is 4. The molecule has 21 heavy (non-hydrogen) atoms. The van der Waals surface area contributed by atoms with Crippen molar-refractivity contribution >= 4 is 29.1 Å². The molecule has 0 aromatic carbocycles. The van der Waals surface area contributed by atoms with Crippen LogP contribution in [0.4, 0.5) is 5.82 Å². The van der Waals surface area contributed by atoms with E-state index in [0.29, 0.717) is 0 Å². The van der Waals surface area contributed by atoms with Gasteiger partial charge in [0.2, 0.25) is 0 Å². The Bertz CT molecular complexity index is 604. The molecule has 2 aromatic rings. The van der Waals surface area contributed by atoms with Gasteiger partial charge in [-0.1, -0.05) is 27.7 Å². The minimum atomic E-state index is -0.0870. The summed E-state index contributed by atoms with van der Waals surface area (Å²) < 4.78 is 5.12. The van der Waals surface area contributed by atoms with Crippen LogP contribution in [0.1, 0.15) is 45.8 Å². The van der Waals surface area contributed by atoms with Crippen molar-refractivity contribution in [2.24, 2.45) is 0 Å². The van der Waals surface area contributed by atoms with Crippen molar-refractivity contribution in [2.45, 2.75) is 55.8 Å². The molecule has 0 amide bonds. The third-order valence-electron chi connectivity index (χ3n) is 2.63. The third-order valence-corrected chi connectivity index (χ3v) is 4.39. The van der Waals surface area contributed by atoms with E-state index in [4.69, 9.17) is 0 Å². The molecular formula is C14H21N5S2. The minimum absolute atomic E-state index is 0.0870. The lowest BCUT2D eigenvalue weighted by molar-refractivity contribution is 0.539. The largest absolute Gasteiger partial charge is 0.370 e. The fourth-order valence-corrected chi connectivity index (χ4v) is 3.17. The Balaban J connectivity index is 2.30. The van der Waals surface area contributed by atoms with Crippen molar-refractivity contribution in [3.05, 3.63) is 17.7 Å². The van der Waals surface area contributed by atoms with E-state index < -0.39 is 0 Å². The highest BCUT2D eigenvalue weighted by molar-refractivity contribution is 8.00. The van der Waals surface area contributed by atoms with Crippen molar-refractivity contribution < 1.29 is 0 Å². The monoisotopic (exact) mass is 323 g/mol. The molecule has 0 bridgehead atoms. The van der Waals surface area contributed by atoms with Gasteiger partial charge in [-0.15, -0.1) is 0 Å². The fraction of sp³-hybridized carbons (Fsp3) is 0.571. The fourth-order valence-electron chi connectivity index (χ4n) is 1.57. The van der Waals surface area contributed by atoms with Crippen LogP contribution in [0, 0.1) is 6.92 Å². The molecule has 0 aliphatic heterocycles. The molecule has 0 fully saturated rings. The maximum atomic E-state index is 4.67. The summed E-state index contributed by atoms with van der Waals surface area (Å²) in [6.45, 7) is 11.3. The van der Waals surface area contributed by atoms with Gasteiger partial charge in [-0.3, -0.25) is 0 Å². The zero-order chi connectivity index (χ0) is 15.5. The van der Waals surface area contributed by atoms with Crippen LogP contribution in [0.5, 0.6) is 0 Å². The lowest BCUT2D eigenvalue weighted by atomic mass is 9.96. The third kappa shape index (κ3) is 4.64. The Morgan fingerprint density at radius 1 is 1.24 bits per heavy atom. The number of rotatable bonds is 5. The minimum Gasteiger partial charge on any atom is -0.370 e. The van der Waals surface area contributed by atoms with E-state index in [-0.39, 0.29) is 5.41 Å². The number of anilines is 1. The van der Waals surface area contributed by atoms with Gasteiger partial charge in [0.15, 0.2) is 4.34 Å². The number of aromatic nitrogens is 4. The molecule has 7 heteroatoms. The Hall–Kier alpha value is -1.21. The molecule has 2 rings (SSSR count). The van der Waals surface area contributed by atoms with Crippen LogP contribution in [-0.2, 0) is 5.41 Å². The van der Waals surface area contributed by atoms with Gasteiger partial charge in [0.05, 0.1) is 0 Å². The lowest BCUT2D eigenvalue weighted by Gasteiger charge is -2.18. The molecule has 0 aliphatic carbocycles. The Labute approximate surface area is 134 Å². The van der Waals surface area contributed by atoms with Crippen LogP contribution in [0.3, 0.4) is 0 Å². The molecule has 0 radical (unpaired) electrons. The van der Waals surface area contributed by atoms with Crippen LogP contribution in [-0.4, -0.2) is 25.9 Å². The second-order valence-corrected chi connectivity index (χ2v) is 7.82. The van der Waals surface area contributed by atoms with E-state index in [0.717, 1.165) is 39.8 Å². The molecular weight excluding hydrogens is 302 g/mol. The zero-order valence-corrected chi connectivity index (χ0v) is 14.7. The van der Waals surface area contributed by atoms with E-state index in [1.165, 1.54) is 11.5 Å². The van der Waals surface area contributed by atoms with Gasteiger partial charge >= 0.3 is 0 Å². The molecule has 2 aromatic heterocycles. The van der Waals surface area contributed by atoms with Gasteiger partial charge in [-0.25, -0.2) is 15.0 Å². The predicted octanol–water partition coefficient (Wildman–Crippen LogP) is 3.91. The van der Waals surface area contributed by atoms with Crippen molar-refractivity contribution in [2.75, 3.05) is 11.9 Å². The molecule has 0 unspecified atom stereocenters. The summed E-state index contributed by atoms with van der Waals surface area (Å²) >= 11 is 2.94. The first-order valence-electron chi connectivity index (χ1n) is 7.00. The first-order valence-corrected chi connectivity index (χ1v) is 8.59. The van der Waals surface area contributed by atoms with E-state index in [9.17, 15) is 0 Å². The van der Waals surface area contributed by atoms with Gasteiger partial charge in [0.1, 0.15) is 22.5 Å². The topological polar surface area (TPSA) is 63.6 Å². The molecule has 5 nitrogen and oxygen atoms in total. The van der Waals surface area contributed by atoms with Gasteiger partial charge in [0.25, 0.3) is 0 Å². The second-order valence-electron chi connectivity index (χ2n) is 5.80. The average molecular weight is 323 g/mol. The van der Waals surface area contributed by atoms with E-state index in [1.54, 1.807) is 11.8 Å². The first-order chi connectivity index (χ1) is 9.88. The Morgan fingerprint density at radius 2 is 2.00 bits per heavy atom. The maximum absolute atomic E-state index is 4.67. The Morgan fingerprint density at radius 3 is 2.57 bits per heavy atom. The van der Waals surface area contributed by atoms with Gasteiger partial charge in [-0.2, -0.15) is 4.37 Å². The van der Waals surface area contributed by atoms with Crippen LogP contribution in [0.15, 0.2) is 15.4 Å². The first kappa shape index (κ1) is 16.2. The normalized spacial score (nSPS) is 11.7. The van der Waals surface area contributed by atoms with Gasteiger partial charge in [0, 0.05) is 18.0 Å². The molecule has 0 spiro atoms. The predicted molar refractivity (Wildman–Crippen MR) is 88.3 cm³/mol. The number of hydrogen-bond donors (Lipinski definition) is 1. The molecule has 0 saturated heterocycles. The number of hydrogen-bond acceptors (Lipinski definition) is 7. The molecule has 114 valence electrons. The highest BCUT2D eigenvalue weighted by atomic mass is 32.2. The van der Waals surface area contributed by atoms with E-state index in [2.05, 4.69) is 52.3 Å². The van der Waals surface area contributed by atoms with Crippen LogP contribution in [0.25, 0.3) is 0 Å². The summed E-state index contributed by atoms with van der Waals surface area (Å²) in [7, 11) is 0. The maximum Gasteiger partial charge on any atom is 0.176 e. The second kappa shape index (κ2) is 6.70. The molecule has 1 N–H and O–H groups in total. The SMILES string of the molecule is CCCNc1cc(Sc2nc(C)ns2)nc(C(C)(C)C)n1. The smallest absolute Gasteiger partial charge is 0.176 e. The van der Waals surface area contributed by atoms with E-state index in [1.807, 2.05) is 13.0 Å². The standard InChI is InChI=1S/C14H21N5S2/c1-6-7-15-10-8-11(18-12(17-10)14(3,4)5)20-13-16-9(2)19-21-13/h8H,6-7H2,1-5H3,(H,15,17,18). The number of nitrogens with one attached hydrogen (secondary N) is 1. The highest BCUT2D eigenvalue weighted by Gasteiger charge is 2.19. The summed E-state index contributed by atoms with van der Waals surface area (Å²) in [5, 5.41) is 4.25. The zero-order valence-electron chi connectivity index (χ0n) is 13.1. The summed E-state index contributed by atoms with van der Waals surface area (Å²) in [6.07, 6.45) is 1.06. The summed E-state index contributed by atoms with van der Waals surface area (Å²) in [6, 6.07) is 1.98.